The lowest BCUT2D eigenvalue weighted by molar-refractivity contribution is -0.128. The average Bonchev–Trinajstić information content (AvgIpc) is 2.65. The smallest absolute Gasteiger partial charge is 0.237 e. The Bertz CT molecular complexity index is 259. The summed E-state index contributed by atoms with van der Waals surface area (Å²) in [5, 5.41) is 0. The molecule has 1 rings (SSSR count). The molecule has 0 aromatic carbocycles. The van der Waals surface area contributed by atoms with Gasteiger partial charge in [-0.1, -0.05) is 0 Å². The summed E-state index contributed by atoms with van der Waals surface area (Å²) in [5.74, 6) is -0.0172. The molecule has 1 aromatic rings. The van der Waals surface area contributed by atoms with Gasteiger partial charge in [0.05, 0.1) is 12.5 Å². The van der Waals surface area contributed by atoms with Crippen LogP contribution in [0.2, 0.25) is 0 Å². The molecule has 0 saturated carbocycles. The number of carbonyl (C=O) groups is 1. The maximum atomic E-state index is 11.2. The van der Waals surface area contributed by atoms with Gasteiger partial charge in [-0.05, 0) is 13.0 Å². The Kier molecular flexibility index (Phi) is 3.83. The minimum Gasteiger partial charge on any atom is -0.472 e. The molecule has 1 aromatic heterocycles. The minimum absolute atomic E-state index is 0.0334. The standard InChI is InChI=1S/C9H12ClNO2/c1-2-11(9(12)5-10)6-8-3-4-13-7-8/h3-4,7H,2,5-6H2,1H3. The van der Waals surface area contributed by atoms with Crippen molar-refractivity contribution in [3.63, 3.8) is 0 Å². The van der Waals surface area contributed by atoms with Crippen LogP contribution in [0, 0.1) is 0 Å². The zero-order valence-electron chi connectivity index (χ0n) is 7.50. The summed E-state index contributed by atoms with van der Waals surface area (Å²) in [6, 6.07) is 1.84. The van der Waals surface area contributed by atoms with Crippen molar-refractivity contribution in [2.24, 2.45) is 0 Å². The van der Waals surface area contributed by atoms with Gasteiger partial charge < -0.3 is 9.32 Å². The second-order valence-corrected chi connectivity index (χ2v) is 2.94. The fourth-order valence-electron chi connectivity index (χ4n) is 1.06. The third kappa shape index (κ3) is 2.77. The highest BCUT2D eigenvalue weighted by Crippen LogP contribution is 2.05. The molecule has 3 nitrogen and oxygen atoms in total. The number of amides is 1. The number of halogens is 1. The minimum atomic E-state index is -0.0506. The van der Waals surface area contributed by atoms with Crippen LogP contribution >= 0.6 is 11.6 Å². The van der Waals surface area contributed by atoms with Gasteiger partial charge in [-0.2, -0.15) is 0 Å². The summed E-state index contributed by atoms with van der Waals surface area (Å²) < 4.78 is 4.90. The van der Waals surface area contributed by atoms with Crippen molar-refractivity contribution in [1.82, 2.24) is 4.90 Å². The highest BCUT2D eigenvalue weighted by molar-refractivity contribution is 6.27. The van der Waals surface area contributed by atoms with E-state index in [-0.39, 0.29) is 11.8 Å². The van der Waals surface area contributed by atoms with Crippen LogP contribution in [0.4, 0.5) is 0 Å². The molecular weight excluding hydrogens is 190 g/mol. The van der Waals surface area contributed by atoms with Gasteiger partial charge in [-0.25, -0.2) is 0 Å². The molecule has 0 aliphatic heterocycles. The molecule has 0 fully saturated rings. The van der Waals surface area contributed by atoms with Gasteiger partial charge in [0, 0.05) is 18.7 Å². The zero-order valence-corrected chi connectivity index (χ0v) is 8.25. The van der Waals surface area contributed by atoms with E-state index >= 15 is 0 Å². The van der Waals surface area contributed by atoms with Crippen molar-refractivity contribution in [2.45, 2.75) is 13.5 Å². The number of furan rings is 1. The molecule has 0 N–H and O–H groups in total. The first-order chi connectivity index (χ1) is 6.27. The van der Waals surface area contributed by atoms with Crippen LogP contribution in [0.5, 0.6) is 0 Å². The number of nitrogens with zero attached hydrogens (tertiary/aromatic N) is 1. The van der Waals surface area contributed by atoms with Crippen molar-refractivity contribution >= 4 is 17.5 Å². The Morgan fingerprint density at radius 3 is 2.92 bits per heavy atom. The fraction of sp³-hybridized carbons (Fsp3) is 0.444. The predicted molar refractivity (Wildman–Crippen MR) is 50.5 cm³/mol. The molecule has 0 aliphatic rings. The third-order valence-electron chi connectivity index (χ3n) is 1.80. The number of hydrogen-bond donors (Lipinski definition) is 0. The van der Waals surface area contributed by atoms with Crippen LogP contribution < -0.4 is 0 Å². The quantitative estimate of drug-likeness (QED) is 0.697. The number of carbonyl (C=O) groups excluding carboxylic acids is 1. The van der Waals surface area contributed by atoms with E-state index in [4.69, 9.17) is 16.0 Å². The van der Waals surface area contributed by atoms with Crippen LogP contribution in [0.3, 0.4) is 0 Å². The van der Waals surface area contributed by atoms with Crippen LogP contribution in [0.1, 0.15) is 12.5 Å². The molecule has 0 radical (unpaired) electrons. The first-order valence-corrected chi connectivity index (χ1v) is 4.66. The molecule has 0 atom stereocenters. The van der Waals surface area contributed by atoms with E-state index in [0.717, 1.165) is 5.56 Å². The van der Waals surface area contributed by atoms with E-state index in [0.29, 0.717) is 13.1 Å². The molecule has 0 spiro atoms. The lowest BCUT2D eigenvalue weighted by Crippen LogP contribution is -2.30. The molecule has 0 aliphatic carbocycles. The van der Waals surface area contributed by atoms with Crippen LogP contribution in [0.25, 0.3) is 0 Å². The van der Waals surface area contributed by atoms with Crippen molar-refractivity contribution in [3.05, 3.63) is 24.2 Å². The molecular formula is C9H12ClNO2. The first-order valence-electron chi connectivity index (χ1n) is 4.12. The van der Waals surface area contributed by atoms with Crippen molar-refractivity contribution < 1.29 is 9.21 Å². The fourth-order valence-corrected chi connectivity index (χ4v) is 1.23. The summed E-state index contributed by atoms with van der Waals surface area (Å²) in [4.78, 5) is 12.9. The van der Waals surface area contributed by atoms with Crippen LogP contribution in [0.15, 0.2) is 23.0 Å². The van der Waals surface area contributed by atoms with Gasteiger partial charge >= 0.3 is 0 Å². The average molecular weight is 202 g/mol. The second kappa shape index (κ2) is 4.92. The van der Waals surface area contributed by atoms with Crippen molar-refractivity contribution in [3.8, 4) is 0 Å². The lowest BCUT2D eigenvalue weighted by atomic mass is 10.3. The van der Waals surface area contributed by atoms with Gasteiger partial charge in [0.2, 0.25) is 5.91 Å². The Morgan fingerprint density at radius 1 is 1.69 bits per heavy atom. The molecule has 13 heavy (non-hydrogen) atoms. The highest BCUT2D eigenvalue weighted by Gasteiger charge is 2.10. The largest absolute Gasteiger partial charge is 0.472 e. The summed E-state index contributed by atoms with van der Waals surface area (Å²) in [7, 11) is 0. The molecule has 4 heteroatoms. The number of alkyl halides is 1. The van der Waals surface area contributed by atoms with Gasteiger partial charge in [0.15, 0.2) is 0 Å². The molecule has 72 valence electrons. The van der Waals surface area contributed by atoms with Crippen LogP contribution in [-0.2, 0) is 11.3 Å². The molecule has 0 unspecified atom stereocenters. The van der Waals surface area contributed by atoms with E-state index in [1.165, 1.54) is 0 Å². The Morgan fingerprint density at radius 2 is 2.46 bits per heavy atom. The Hall–Kier alpha value is -0.960. The Labute approximate surface area is 82.3 Å². The topological polar surface area (TPSA) is 33.5 Å². The van der Waals surface area contributed by atoms with E-state index in [2.05, 4.69) is 0 Å². The van der Waals surface area contributed by atoms with Crippen molar-refractivity contribution in [2.75, 3.05) is 12.4 Å². The van der Waals surface area contributed by atoms with Gasteiger partial charge in [0.1, 0.15) is 5.88 Å². The maximum Gasteiger partial charge on any atom is 0.237 e. The zero-order chi connectivity index (χ0) is 9.68. The monoisotopic (exact) mass is 201 g/mol. The summed E-state index contributed by atoms with van der Waals surface area (Å²) in [6.45, 7) is 3.15. The normalized spacial score (nSPS) is 10.0. The summed E-state index contributed by atoms with van der Waals surface area (Å²) in [6.07, 6.45) is 3.22. The van der Waals surface area contributed by atoms with Gasteiger partial charge in [-0.3, -0.25) is 4.79 Å². The Balaban J connectivity index is 2.54. The van der Waals surface area contributed by atoms with Crippen molar-refractivity contribution in [1.29, 1.82) is 0 Å². The number of hydrogen-bond acceptors (Lipinski definition) is 2. The lowest BCUT2D eigenvalue weighted by Gasteiger charge is -2.18. The molecule has 1 amide bonds. The third-order valence-corrected chi connectivity index (χ3v) is 2.03. The summed E-state index contributed by atoms with van der Waals surface area (Å²) in [5.41, 5.74) is 0.986. The molecule has 0 saturated heterocycles. The van der Waals surface area contributed by atoms with E-state index in [9.17, 15) is 4.79 Å². The predicted octanol–water partition coefficient (Wildman–Crippen LogP) is 1.87. The van der Waals surface area contributed by atoms with Gasteiger partial charge in [0.25, 0.3) is 0 Å². The van der Waals surface area contributed by atoms with E-state index in [1.54, 1.807) is 17.4 Å². The highest BCUT2D eigenvalue weighted by atomic mass is 35.5. The SMILES string of the molecule is CCN(Cc1ccoc1)C(=O)CCl. The van der Waals surface area contributed by atoms with E-state index in [1.807, 2.05) is 13.0 Å². The molecule has 0 bridgehead atoms. The first kappa shape index (κ1) is 10.1. The van der Waals surface area contributed by atoms with Gasteiger partial charge in [-0.15, -0.1) is 11.6 Å². The van der Waals surface area contributed by atoms with Crippen LogP contribution in [-0.4, -0.2) is 23.2 Å². The molecule has 1 heterocycles. The second-order valence-electron chi connectivity index (χ2n) is 2.67. The maximum absolute atomic E-state index is 11.2. The van der Waals surface area contributed by atoms with E-state index < -0.39 is 0 Å². The number of rotatable bonds is 4. The summed E-state index contributed by atoms with van der Waals surface area (Å²) >= 11 is 5.45.